The standard InChI is InChI=1S/C26H28N4O/c1-19-9-13-21(14-10-19)25-23-7-5-6-8-24(23)26(31)30(27-25)18-29(4)17-20-11-15-22(16-12-20)28(2)3/h5-16H,17-18H2,1-4H3. The molecule has 0 spiro atoms. The molecule has 0 saturated heterocycles. The van der Waals surface area contributed by atoms with Crippen LogP contribution in [0.5, 0.6) is 0 Å². The number of nitrogens with zero attached hydrogens (tertiary/aromatic N) is 4. The summed E-state index contributed by atoms with van der Waals surface area (Å²) in [5.74, 6) is 0. The van der Waals surface area contributed by atoms with Crippen LogP contribution >= 0.6 is 0 Å². The Hall–Kier alpha value is -3.44. The van der Waals surface area contributed by atoms with Crippen LogP contribution in [0.3, 0.4) is 0 Å². The molecule has 0 fully saturated rings. The van der Waals surface area contributed by atoms with E-state index in [1.54, 1.807) is 4.68 Å². The van der Waals surface area contributed by atoms with Gasteiger partial charge in [0.15, 0.2) is 0 Å². The highest BCUT2D eigenvalue weighted by Gasteiger charge is 2.13. The van der Waals surface area contributed by atoms with Crippen LogP contribution in [0.2, 0.25) is 0 Å². The molecule has 0 atom stereocenters. The minimum atomic E-state index is -0.0683. The molecule has 1 aromatic heterocycles. The van der Waals surface area contributed by atoms with Crippen molar-refractivity contribution < 1.29 is 0 Å². The van der Waals surface area contributed by atoms with Crippen LogP contribution in [-0.2, 0) is 13.2 Å². The van der Waals surface area contributed by atoms with Gasteiger partial charge in [-0.1, -0.05) is 60.2 Å². The van der Waals surface area contributed by atoms with Crippen LogP contribution < -0.4 is 10.5 Å². The normalized spacial score (nSPS) is 11.3. The summed E-state index contributed by atoms with van der Waals surface area (Å²) in [6, 6.07) is 24.5. The molecular formula is C26H28N4O. The van der Waals surface area contributed by atoms with Gasteiger partial charge in [-0.25, -0.2) is 4.68 Å². The lowest BCUT2D eigenvalue weighted by Crippen LogP contribution is -2.32. The van der Waals surface area contributed by atoms with Gasteiger partial charge in [0.25, 0.3) is 5.56 Å². The predicted molar refractivity (Wildman–Crippen MR) is 128 cm³/mol. The third-order valence-corrected chi connectivity index (χ3v) is 5.47. The summed E-state index contributed by atoms with van der Waals surface area (Å²) in [5.41, 5.74) is 5.33. The van der Waals surface area contributed by atoms with Crippen LogP contribution in [0, 0.1) is 6.92 Å². The van der Waals surface area contributed by atoms with E-state index in [1.165, 1.54) is 16.8 Å². The fourth-order valence-corrected chi connectivity index (χ4v) is 3.75. The van der Waals surface area contributed by atoms with Crippen LogP contribution in [0.4, 0.5) is 5.69 Å². The van der Waals surface area contributed by atoms with E-state index in [4.69, 9.17) is 5.10 Å². The molecule has 0 aliphatic heterocycles. The van der Waals surface area contributed by atoms with Crippen molar-refractivity contribution in [3.63, 3.8) is 0 Å². The second-order valence-corrected chi connectivity index (χ2v) is 8.28. The Bertz CT molecular complexity index is 1240. The maximum Gasteiger partial charge on any atom is 0.275 e. The van der Waals surface area contributed by atoms with Gasteiger partial charge in [-0.05, 0) is 37.7 Å². The molecule has 4 rings (SSSR count). The second-order valence-electron chi connectivity index (χ2n) is 8.28. The molecule has 158 valence electrons. The number of hydrogen-bond donors (Lipinski definition) is 0. The van der Waals surface area contributed by atoms with Gasteiger partial charge < -0.3 is 4.90 Å². The van der Waals surface area contributed by atoms with Crippen LogP contribution in [-0.4, -0.2) is 35.8 Å². The predicted octanol–water partition coefficient (Wildman–Crippen LogP) is 4.53. The third kappa shape index (κ3) is 4.52. The first-order valence-corrected chi connectivity index (χ1v) is 10.4. The Kier molecular flexibility index (Phi) is 5.87. The van der Waals surface area contributed by atoms with E-state index in [-0.39, 0.29) is 5.56 Å². The molecule has 0 N–H and O–H groups in total. The quantitative estimate of drug-likeness (QED) is 0.467. The average molecular weight is 413 g/mol. The van der Waals surface area contributed by atoms with Gasteiger partial charge in [-0.3, -0.25) is 9.69 Å². The molecule has 31 heavy (non-hydrogen) atoms. The van der Waals surface area contributed by atoms with Gasteiger partial charge in [0.1, 0.15) is 0 Å². The zero-order chi connectivity index (χ0) is 22.0. The molecule has 0 radical (unpaired) electrons. The topological polar surface area (TPSA) is 41.4 Å². The van der Waals surface area contributed by atoms with E-state index >= 15 is 0 Å². The molecule has 0 aliphatic carbocycles. The molecule has 4 aromatic rings. The molecule has 0 bridgehead atoms. The third-order valence-electron chi connectivity index (χ3n) is 5.47. The highest BCUT2D eigenvalue weighted by atomic mass is 16.1. The summed E-state index contributed by atoms with van der Waals surface area (Å²) in [5, 5.41) is 6.35. The van der Waals surface area contributed by atoms with Crippen molar-refractivity contribution in [2.45, 2.75) is 20.1 Å². The molecule has 3 aromatic carbocycles. The smallest absolute Gasteiger partial charge is 0.275 e. The van der Waals surface area contributed by atoms with Crippen molar-refractivity contribution in [1.29, 1.82) is 0 Å². The van der Waals surface area contributed by atoms with Gasteiger partial charge >= 0.3 is 0 Å². The summed E-state index contributed by atoms with van der Waals surface area (Å²) in [6.07, 6.45) is 0. The molecule has 0 amide bonds. The zero-order valence-corrected chi connectivity index (χ0v) is 18.5. The Labute approximate surface area is 183 Å². The Morgan fingerprint density at radius 1 is 0.839 bits per heavy atom. The first-order valence-electron chi connectivity index (χ1n) is 10.4. The van der Waals surface area contributed by atoms with E-state index < -0.39 is 0 Å². The van der Waals surface area contributed by atoms with Crippen LogP contribution in [0.15, 0.2) is 77.6 Å². The minimum absolute atomic E-state index is 0.0683. The number of fused-ring (bicyclic) bond motifs is 1. The Balaban J connectivity index is 1.66. The van der Waals surface area contributed by atoms with Gasteiger partial charge in [0.2, 0.25) is 0 Å². The van der Waals surface area contributed by atoms with E-state index in [0.717, 1.165) is 23.2 Å². The van der Waals surface area contributed by atoms with Crippen molar-refractivity contribution in [3.05, 3.63) is 94.3 Å². The summed E-state index contributed by atoms with van der Waals surface area (Å²) < 4.78 is 1.58. The largest absolute Gasteiger partial charge is 0.378 e. The lowest BCUT2D eigenvalue weighted by Gasteiger charge is -2.19. The Morgan fingerprint density at radius 3 is 2.13 bits per heavy atom. The van der Waals surface area contributed by atoms with Crippen LogP contribution in [0.25, 0.3) is 22.0 Å². The highest BCUT2D eigenvalue weighted by molar-refractivity contribution is 5.93. The van der Waals surface area contributed by atoms with Crippen molar-refractivity contribution in [2.24, 2.45) is 0 Å². The fourth-order valence-electron chi connectivity index (χ4n) is 3.75. The summed E-state index contributed by atoms with van der Waals surface area (Å²) >= 11 is 0. The molecule has 0 saturated carbocycles. The number of aryl methyl sites for hydroxylation is 1. The van der Waals surface area contributed by atoms with Gasteiger partial charge in [0, 0.05) is 37.3 Å². The maximum absolute atomic E-state index is 13.1. The van der Waals surface area contributed by atoms with E-state index in [0.29, 0.717) is 12.1 Å². The lowest BCUT2D eigenvalue weighted by atomic mass is 10.0. The molecule has 0 aliphatic rings. The number of aromatic nitrogens is 2. The van der Waals surface area contributed by atoms with Crippen molar-refractivity contribution >= 4 is 16.5 Å². The number of hydrogen-bond acceptors (Lipinski definition) is 4. The van der Waals surface area contributed by atoms with Gasteiger partial charge in [0.05, 0.1) is 17.7 Å². The van der Waals surface area contributed by atoms with Gasteiger partial charge in [-0.2, -0.15) is 5.10 Å². The first-order chi connectivity index (χ1) is 14.9. The van der Waals surface area contributed by atoms with Crippen molar-refractivity contribution in [1.82, 2.24) is 14.7 Å². The molecule has 1 heterocycles. The van der Waals surface area contributed by atoms with E-state index in [1.807, 2.05) is 45.4 Å². The van der Waals surface area contributed by atoms with Crippen molar-refractivity contribution in [2.75, 3.05) is 26.0 Å². The maximum atomic E-state index is 13.1. The molecule has 0 unspecified atom stereocenters. The second kappa shape index (κ2) is 8.74. The monoisotopic (exact) mass is 412 g/mol. The summed E-state index contributed by atoms with van der Waals surface area (Å²) in [4.78, 5) is 17.3. The lowest BCUT2D eigenvalue weighted by molar-refractivity contribution is 0.241. The average Bonchev–Trinajstić information content (AvgIpc) is 2.77. The first kappa shape index (κ1) is 20.8. The van der Waals surface area contributed by atoms with E-state index in [9.17, 15) is 4.79 Å². The summed E-state index contributed by atoms with van der Waals surface area (Å²) in [6.45, 7) is 3.21. The molecule has 5 nitrogen and oxygen atoms in total. The highest BCUT2D eigenvalue weighted by Crippen LogP contribution is 2.25. The van der Waals surface area contributed by atoms with Gasteiger partial charge in [-0.15, -0.1) is 0 Å². The molecular weight excluding hydrogens is 384 g/mol. The van der Waals surface area contributed by atoms with Crippen molar-refractivity contribution in [3.8, 4) is 11.3 Å². The minimum Gasteiger partial charge on any atom is -0.378 e. The Morgan fingerprint density at radius 2 is 1.48 bits per heavy atom. The van der Waals surface area contributed by atoms with E-state index in [2.05, 4.69) is 65.3 Å². The van der Waals surface area contributed by atoms with Crippen LogP contribution in [0.1, 0.15) is 11.1 Å². The number of benzene rings is 3. The number of rotatable bonds is 6. The SMILES string of the molecule is Cc1ccc(-c2nn(CN(C)Cc3ccc(N(C)C)cc3)c(=O)c3ccccc23)cc1. The summed E-state index contributed by atoms with van der Waals surface area (Å²) in [7, 11) is 6.07. The number of anilines is 1. The molecule has 5 heteroatoms. The fraction of sp³-hybridized carbons (Fsp3) is 0.231. The zero-order valence-electron chi connectivity index (χ0n) is 18.5.